The summed E-state index contributed by atoms with van der Waals surface area (Å²) in [7, 11) is 0. The average Bonchev–Trinajstić information content (AvgIpc) is 2.82. The van der Waals surface area contributed by atoms with Crippen LogP contribution in [0.2, 0.25) is 0 Å². The molecule has 2 N–H and O–H groups in total. The van der Waals surface area contributed by atoms with Gasteiger partial charge < -0.3 is 15.0 Å². The van der Waals surface area contributed by atoms with Crippen LogP contribution < -0.4 is 5.73 Å². The summed E-state index contributed by atoms with van der Waals surface area (Å²) in [5, 5.41) is 0. The van der Waals surface area contributed by atoms with Crippen molar-refractivity contribution >= 4 is 0 Å². The first-order valence-corrected chi connectivity index (χ1v) is 6.16. The quantitative estimate of drug-likeness (QED) is 0.844. The Balaban J connectivity index is 1.87. The molecule has 1 saturated carbocycles. The van der Waals surface area contributed by atoms with Crippen LogP contribution in [0, 0.1) is 5.92 Å². The number of hydrogen-bond donors (Lipinski definition) is 1. The van der Waals surface area contributed by atoms with Gasteiger partial charge in [0.05, 0.1) is 24.2 Å². The lowest BCUT2D eigenvalue weighted by Gasteiger charge is -2.22. The third-order valence-electron chi connectivity index (χ3n) is 3.71. The number of aromatic nitrogens is 2. The lowest BCUT2D eigenvalue weighted by molar-refractivity contribution is 0.0744. The maximum atomic E-state index is 5.96. The summed E-state index contributed by atoms with van der Waals surface area (Å²) in [6.07, 6.45) is 7.93. The maximum Gasteiger partial charge on any atom is 0.0952 e. The van der Waals surface area contributed by atoms with Crippen molar-refractivity contribution < 1.29 is 4.74 Å². The maximum absolute atomic E-state index is 5.96. The summed E-state index contributed by atoms with van der Waals surface area (Å²) in [6, 6.07) is 0.499. The van der Waals surface area contributed by atoms with Crippen LogP contribution >= 0.6 is 0 Å². The van der Waals surface area contributed by atoms with Gasteiger partial charge in [-0.15, -0.1) is 0 Å². The smallest absolute Gasteiger partial charge is 0.0952 e. The van der Waals surface area contributed by atoms with Gasteiger partial charge in [-0.05, 0) is 32.1 Å². The molecule has 16 heavy (non-hydrogen) atoms. The third kappa shape index (κ3) is 1.66. The van der Waals surface area contributed by atoms with Gasteiger partial charge in [-0.2, -0.15) is 0 Å². The molecular formula is C12H19N3O. The van der Waals surface area contributed by atoms with Crippen LogP contribution in [-0.2, 0) is 4.74 Å². The highest BCUT2D eigenvalue weighted by molar-refractivity contribution is 5.07. The predicted octanol–water partition coefficient (Wildman–Crippen LogP) is 1.64. The van der Waals surface area contributed by atoms with Gasteiger partial charge in [0.15, 0.2) is 0 Å². The molecule has 1 aliphatic heterocycles. The molecule has 0 aromatic carbocycles. The van der Waals surface area contributed by atoms with Crippen LogP contribution in [0.3, 0.4) is 0 Å². The van der Waals surface area contributed by atoms with Crippen LogP contribution in [0.25, 0.3) is 0 Å². The predicted molar refractivity (Wildman–Crippen MR) is 60.9 cm³/mol. The fourth-order valence-electron chi connectivity index (χ4n) is 2.72. The summed E-state index contributed by atoms with van der Waals surface area (Å²) < 4.78 is 8.10. The summed E-state index contributed by atoms with van der Waals surface area (Å²) in [5.74, 6) is 0.774. The van der Waals surface area contributed by atoms with Gasteiger partial charge in [-0.3, -0.25) is 0 Å². The van der Waals surface area contributed by atoms with Gasteiger partial charge in [0.25, 0.3) is 0 Å². The Morgan fingerprint density at radius 1 is 1.50 bits per heavy atom. The lowest BCUT2D eigenvalue weighted by atomic mass is 10.1. The Morgan fingerprint density at radius 3 is 3.00 bits per heavy atom. The largest absolute Gasteiger partial charge is 0.376 e. The second-order valence-electron chi connectivity index (χ2n) is 5.04. The molecule has 2 fully saturated rings. The highest BCUT2D eigenvalue weighted by atomic mass is 16.5. The zero-order chi connectivity index (χ0) is 11.1. The summed E-state index contributed by atoms with van der Waals surface area (Å²) in [5.41, 5.74) is 7.09. The Morgan fingerprint density at radius 2 is 2.31 bits per heavy atom. The summed E-state index contributed by atoms with van der Waals surface area (Å²) in [4.78, 5) is 4.23. The minimum Gasteiger partial charge on any atom is -0.376 e. The SMILES string of the molecule is C[C@H](N)c1cncn1C1CCOC1C1CC1. The second-order valence-corrected chi connectivity index (χ2v) is 5.04. The first-order valence-electron chi connectivity index (χ1n) is 6.16. The van der Waals surface area contributed by atoms with Gasteiger partial charge in [0.2, 0.25) is 0 Å². The van der Waals surface area contributed by atoms with Crippen molar-refractivity contribution in [3.05, 3.63) is 18.2 Å². The average molecular weight is 221 g/mol. The highest BCUT2D eigenvalue weighted by Crippen LogP contribution is 2.43. The molecule has 3 atom stereocenters. The van der Waals surface area contributed by atoms with Crippen LogP contribution in [0.15, 0.2) is 12.5 Å². The van der Waals surface area contributed by atoms with E-state index in [1.165, 1.54) is 12.8 Å². The zero-order valence-corrected chi connectivity index (χ0v) is 9.67. The van der Waals surface area contributed by atoms with E-state index in [4.69, 9.17) is 10.5 Å². The molecule has 1 aromatic rings. The topological polar surface area (TPSA) is 53.1 Å². The molecule has 1 aromatic heterocycles. The third-order valence-corrected chi connectivity index (χ3v) is 3.71. The molecule has 4 nitrogen and oxygen atoms in total. The van der Waals surface area contributed by atoms with Crippen molar-refractivity contribution in [2.75, 3.05) is 6.61 Å². The molecule has 88 valence electrons. The minimum absolute atomic E-state index is 0.0444. The van der Waals surface area contributed by atoms with Crippen molar-refractivity contribution in [2.24, 2.45) is 11.7 Å². The molecule has 0 spiro atoms. The van der Waals surface area contributed by atoms with Crippen molar-refractivity contribution in [1.82, 2.24) is 9.55 Å². The van der Waals surface area contributed by atoms with Crippen LogP contribution in [0.4, 0.5) is 0 Å². The van der Waals surface area contributed by atoms with Gasteiger partial charge in [0, 0.05) is 18.8 Å². The number of nitrogens with two attached hydrogens (primary N) is 1. The molecule has 0 radical (unpaired) electrons. The van der Waals surface area contributed by atoms with E-state index in [2.05, 4.69) is 9.55 Å². The van der Waals surface area contributed by atoms with Gasteiger partial charge in [0.1, 0.15) is 0 Å². The fourth-order valence-corrected chi connectivity index (χ4v) is 2.72. The molecule has 0 amide bonds. The van der Waals surface area contributed by atoms with E-state index in [0.717, 1.165) is 24.6 Å². The van der Waals surface area contributed by atoms with E-state index in [0.29, 0.717) is 12.1 Å². The van der Waals surface area contributed by atoms with Crippen LogP contribution in [-0.4, -0.2) is 22.3 Å². The molecule has 1 saturated heterocycles. The van der Waals surface area contributed by atoms with E-state index >= 15 is 0 Å². The number of nitrogens with zero attached hydrogens (tertiary/aromatic N) is 2. The highest BCUT2D eigenvalue weighted by Gasteiger charge is 2.41. The van der Waals surface area contributed by atoms with E-state index in [-0.39, 0.29) is 6.04 Å². The number of rotatable bonds is 3. The molecule has 4 heteroatoms. The molecule has 1 aliphatic carbocycles. The Hall–Kier alpha value is -0.870. The molecule has 2 heterocycles. The van der Waals surface area contributed by atoms with E-state index in [9.17, 15) is 0 Å². The minimum atomic E-state index is 0.0444. The summed E-state index contributed by atoms with van der Waals surface area (Å²) in [6.45, 7) is 2.89. The molecule has 3 rings (SSSR count). The van der Waals surface area contributed by atoms with Crippen molar-refractivity contribution in [1.29, 1.82) is 0 Å². The van der Waals surface area contributed by atoms with E-state index < -0.39 is 0 Å². The first kappa shape index (κ1) is 10.3. The monoisotopic (exact) mass is 221 g/mol. The molecule has 2 aliphatic rings. The standard InChI is InChI=1S/C12H19N3O/c1-8(13)11-6-14-7-15(11)10-4-5-16-12(10)9-2-3-9/h6-10,12H,2-5,13H2,1H3/t8-,10?,12?/m0/s1. The fraction of sp³-hybridized carbons (Fsp3) is 0.750. The van der Waals surface area contributed by atoms with E-state index in [1.54, 1.807) is 0 Å². The van der Waals surface area contributed by atoms with Crippen molar-refractivity contribution in [3.63, 3.8) is 0 Å². The Bertz CT molecular complexity index is 370. The van der Waals surface area contributed by atoms with Crippen molar-refractivity contribution in [2.45, 2.75) is 44.4 Å². The van der Waals surface area contributed by atoms with Gasteiger partial charge in [-0.1, -0.05) is 0 Å². The molecule has 2 unspecified atom stereocenters. The second kappa shape index (κ2) is 3.86. The number of hydrogen-bond acceptors (Lipinski definition) is 3. The lowest BCUT2D eigenvalue weighted by Crippen LogP contribution is -2.24. The first-order chi connectivity index (χ1) is 7.77. The van der Waals surface area contributed by atoms with E-state index in [1.807, 2.05) is 19.4 Å². The number of imidazole rings is 1. The van der Waals surface area contributed by atoms with Gasteiger partial charge >= 0.3 is 0 Å². The van der Waals surface area contributed by atoms with Crippen LogP contribution in [0.5, 0.6) is 0 Å². The van der Waals surface area contributed by atoms with Crippen molar-refractivity contribution in [3.8, 4) is 0 Å². The number of ether oxygens (including phenoxy) is 1. The summed E-state index contributed by atoms with van der Waals surface area (Å²) >= 11 is 0. The van der Waals surface area contributed by atoms with Gasteiger partial charge in [-0.25, -0.2) is 4.98 Å². The normalized spacial score (nSPS) is 31.9. The zero-order valence-electron chi connectivity index (χ0n) is 9.67. The molecule has 0 bridgehead atoms. The molecular weight excluding hydrogens is 202 g/mol. The van der Waals surface area contributed by atoms with Crippen LogP contribution in [0.1, 0.15) is 44.0 Å². The Labute approximate surface area is 95.8 Å². The Kier molecular flexibility index (Phi) is 2.48.